The second-order valence-electron chi connectivity index (χ2n) is 3.03. The van der Waals surface area contributed by atoms with Crippen LogP contribution in [-0.2, 0) is 6.42 Å². The van der Waals surface area contributed by atoms with Gasteiger partial charge in [0.15, 0.2) is 0 Å². The second-order valence-corrected chi connectivity index (χ2v) is 3.46. The maximum atomic E-state index is 4.40. The summed E-state index contributed by atoms with van der Waals surface area (Å²) in [7, 11) is 0. The van der Waals surface area contributed by atoms with Crippen molar-refractivity contribution < 1.29 is 0 Å². The fourth-order valence-corrected chi connectivity index (χ4v) is 1.83. The molecular weight excluding hydrogens is 178 g/mol. The highest BCUT2D eigenvalue weighted by atomic mass is 32.1. The molecule has 1 aliphatic heterocycles. The SMILES string of the molecule is CC.CC1Cc2ccccc2N1S. The first-order valence-corrected chi connectivity index (χ1v) is 5.25. The van der Waals surface area contributed by atoms with Gasteiger partial charge in [0.05, 0.1) is 5.69 Å². The maximum absolute atomic E-state index is 4.40. The number of anilines is 1. The van der Waals surface area contributed by atoms with Crippen LogP contribution in [-0.4, -0.2) is 6.04 Å². The number of nitrogens with zero attached hydrogens (tertiary/aromatic N) is 1. The molecule has 1 nitrogen and oxygen atoms in total. The van der Waals surface area contributed by atoms with E-state index in [1.165, 1.54) is 11.3 Å². The van der Waals surface area contributed by atoms with E-state index in [4.69, 9.17) is 0 Å². The van der Waals surface area contributed by atoms with Crippen molar-refractivity contribution in [2.24, 2.45) is 0 Å². The molecule has 0 fully saturated rings. The van der Waals surface area contributed by atoms with Crippen molar-refractivity contribution in [3.05, 3.63) is 29.8 Å². The average Bonchev–Trinajstić information content (AvgIpc) is 2.47. The molecular formula is C11H17NS. The van der Waals surface area contributed by atoms with Crippen LogP contribution >= 0.6 is 12.8 Å². The zero-order valence-corrected chi connectivity index (χ0v) is 9.38. The van der Waals surface area contributed by atoms with E-state index < -0.39 is 0 Å². The molecule has 2 heteroatoms. The molecule has 72 valence electrons. The Hall–Kier alpha value is -0.630. The zero-order valence-electron chi connectivity index (χ0n) is 8.49. The van der Waals surface area contributed by atoms with Gasteiger partial charge < -0.3 is 4.31 Å². The molecule has 1 unspecified atom stereocenters. The smallest absolute Gasteiger partial charge is 0.0503 e. The van der Waals surface area contributed by atoms with Gasteiger partial charge in [-0.2, -0.15) is 0 Å². The highest BCUT2D eigenvalue weighted by Crippen LogP contribution is 2.32. The quantitative estimate of drug-likeness (QED) is 0.622. The fraction of sp³-hybridized carbons (Fsp3) is 0.455. The first-order valence-electron chi connectivity index (χ1n) is 4.85. The van der Waals surface area contributed by atoms with Crippen LogP contribution in [0.25, 0.3) is 0 Å². The molecule has 0 bridgehead atoms. The predicted octanol–water partition coefficient (Wildman–Crippen LogP) is 3.31. The van der Waals surface area contributed by atoms with Gasteiger partial charge >= 0.3 is 0 Å². The predicted molar refractivity (Wildman–Crippen MR) is 62.4 cm³/mol. The first kappa shape index (κ1) is 10.5. The van der Waals surface area contributed by atoms with Crippen molar-refractivity contribution in [3.8, 4) is 0 Å². The molecule has 0 aliphatic carbocycles. The number of hydrogen-bond acceptors (Lipinski definition) is 2. The van der Waals surface area contributed by atoms with Gasteiger partial charge in [-0.1, -0.05) is 44.9 Å². The first-order chi connectivity index (χ1) is 6.29. The summed E-state index contributed by atoms with van der Waals surface area (Å²) in [5.41, 5.74) is 2.68. The molecule has 0 radical (unpaired) electrons. The lowest BCUT2D eigenvalue weighted by atomic mass is 10.1. The Kier molecular flexibility index (Phi) is 3.67. The third kappa shape index (κ3) is 1.99. The van der Waals surface area contributed by atoms with E-state index in [-0.39, 0.29) is 0 Å². The van der Waals surface area contributed by atoms with Crippen LogP contribution in [0.1, 0.15) is 26.3 Å². The molecule has 1 aromatic carbocycles. The Morgan fingerprint density at radius 1 is 1.31 bits per heavy atom. The Labute approximate surface area is 86.3 Å². The topological polar surface area (TPSA) is 3.24 Å². The number of rotatable bonds is 0. The lowest BCUT2D eigenvalue weighted by molar-refractivity contribution is 0.797. The summed E-state index contributed by atoms with van der Waals surface area (Å²) in [6, 6.07) is 8.96. The number of thiol groups is 1. The van der Waals surface area contributed by atoms with Crippen LogP contribution < -0.4 is 4.31 Å². The molecule has 1 aliphatic rings. The summed E-state index contributed by atoms with van der Waals surface area (Å²) in [6.07, 6.45) is 1.12. The maximum Gasteiger partial charge on any atom is 0.0503 e. The van der Waals surface area contributed by atoms with Crippen molar-refractivity contribution in [3.63, 3.8) is 0 Å². The normalized spacial score (nSPS) is 19.1. The lowest BCUT2D eigenvalue weighted by Gasteiger charge is -2.15. The lowest BCUT2D eigenvalue weighted by Crippen LogP contribution is -2.17. The summed E-state index contributed by atoms with van der Waals surface area (Å²) in [6.45, 7) is 6.19. The van der Waals surface area contributed by atoms with E-state index in [9.17, 15) is 0 Å². The van der Waals surface area contributed by atoms with Gasteiger partial charge in [0.25, 0.3) is 0 Å². The van der Waals surface area contributed by atoms with E-state index >= 15 is 0 Å². The van der Waals surface area contributed by atoms with Crippen molar-refractivity contribution >= 4 is 18.5 Å². The van der Waals surface area contributed by atoms with Crippen molar-refractivity contribution in [1.29, 1.82) is 0 Å². The summed E-state index contributed by atoms with van der Waals surface area (Å²) >= 11 is 4.40. The minimum atomic E-state index is 0.538. The van der Waals surface area contributed by atoms with Crippen molar-refractivity contribution in [2.45, 2.75) is 33.2 Å². The summed E-state index contributed by atoms with van der Waals surface area (Å²) in [4.78, 5) is 0. The second kappa shape index (κ2) is 4.56. The highest BCUT2D eigenvalue weighted by Gasteiger charge is 2.22. The van der Waals surface area contributed by atoms with Gasteiger partial charge in [0, 0.05) is 6.04 Å². The van der Waals surface area contributed by atoms with Crippen LogP contribution in [0, 0.1) is 0 Å². The van der Waals surface area contributed by atoms with Gasteiger partial charge in [-0.05, 0) is 25.0 Å². The minimum Gasteiger partial charge on any atom is -0.315 e. The van der Waals surface area contributed by atoms with Gasteiger partial charge in [-0.25, -0.2) is 0 Å². The minimum absolute atomic E-state index is 0.538. The van der Waals surface area contributed by atoms with Gasteiger partial charge in [0.1, 0.15) is 0 Å². The molecule has 13 heavy (non-hydrogen) atoms. The third-order valence-electron chi connectivity index (χ3n) is 2.17. The van der Waals surface area contributed by atoms with E-state index in [2.05, 4.69) is 44.0 Å². The number of fused-ring (bicyclic) bond motifs is 1. The Morgan fingerprint density at radius 2 is 1.92 bits per heavy atom. The summed E-state index contributed by atoms with van der Waals surface area (Å²) in [5.74, 6) is 0. The molecule has 0 saturated carbocycles. The number of benzene rings is 1. The number of hydrogen-bond donors (Lipinski definition) is 1. The van der Waals surface area contributed by atoms with Gasteiger partial charge in [-0.15, -0.1) is 0 Å². The molecule has 0 N–H and O–H groups in total. The van der Waals surface area contributed by atoms with Crippen LogP contribution in [0.5, 0.6) is 0 Å². The van der Waals surface area contributed by atoms with E-state index in [0.717, 1.165) is 6.42 Å². The Bertz CT molecular complexity index is 273. The largest absolute Gasteiger partial charge is 0.315 e. The Balaban J connectivity index is 0.000000396. The molecule has 0 aromatic heterocycles. The van der Waals surface area contributed by atoms with Crippen LogP contribution in [0.2, 0.25) is 0 Å². The van der Waals surface area contributed by atoms with E-state index in [1.54, 1.807) is 0 Å². The highest BCUT2D eigenvalue weighted by molar-refractivity contribution is 7.81. The van der Waals surface area contributed by atoms with Crippen LogP contribution in [0.4, 0.5) is 5.69 Å². The molecule has 1 heterocycles. The van der Waals surface area contributed by atoms with E-state index in [1.807, 2.05) is 18.2 Å². The number of para-hydroxylation sites is 1. The molecule has 1 atom stereocenters. The summed E-state index contributed by atoms with van der Waals surface area (Å²) < 4.78 is 2.04. The monoisotopic (exact) mass is 195 g/mol. The Morgan fingerprint density at radius 3 is 2.54 bits per heavy atom. The van der Waals surface area contributed by atoms with Crippen LogP contribution in [0.3, 0.4) is 0 Å². The van der Waals surface area contributed by atoms with Crippen molar-refractivity contribution in [1.82, 2.24) is 0 Å². The standard InChI is InChI=1S/C9H11NS.C2H6/c1-7-6-8-4-2-3-5-9(8)10(7)11;1-2/h2-5,7,11H,6H2,1H3;1-2H3. The van der Waals surface area contributed by atoms with Crippen LogP contribution in [0.15, 0.2) is 24.3 Å². The third-order valence-corrected chi connectivity index (χ3v) is 2.78. The summed E-state index contributed by atoms with van der Waals surface area (Å²) in [5, 5.41) is 0. The van der Waals surface area contributed by atoms with Crippen molar-refractivity contribution in [2.75, 3.05) is 4.31 Å². The van der Waals surface area contributed by atoms with Gasteiger partial charge in [0.2, 0.25) is 0 Å². The molecule has 2 rings (SSSR count). The zero-order chi connectivity index (χ0) is 9.84. The molecule has 1 aromatic rings. The van der Waals surface area contributed by atoms with E-state index in [0.29, 0.717) is 6.04 Å². The average molecular weight is 195 g/mol. The molecule has 0 amide bonds. The molecule has 0 spiro atoms. The molecule has 0 saturated heterocycles. The fourth-order valence-electron chi connectivity index (χ4n) is 1.55. The van der Waals surface area contributed by atoms with Gasteiger partial charge in [-0.3, -0.25) is 0 Å².